The van der Waals surface area contributed by atoms with E-state index in [9.17, 15) is 4.79 Å². The van der Waals surface area contributed by atoms with Crippen LogP contribution in [0.4, 0.5) is 0 Å². The number of carbonyl (C=O) groups excluding carboxylic acids is 1. The van der Waals surface area contributed by atoms with Gasteiger partial charge in [-0.3, -0.25) is 9.48 Å². The number of aryl methyl sites for hydroxylation is 1. The standard InChI is InChI=1S/C18H15ClN2O3/c1-21-17(9-10-20-21)18(22)8-7-14-5-6-16(24-14)12-23-15-4-2-3-13(19)11-15/h2-11H,12H2,1H3/b8-7-. The van der Waals surface area contributed by atoms with E-state index in [1.54, 1.807) is 49.7 Å². The third kappa shape index (κ3) is 3.94. The van der Waals surface area contributed by atoms with Crippen molar-refractivity contribution in [2.24, 2.45) is 7.05 Å². The highest BCUT2D eigenvalue weighted by Gasteiger charge is 2.07. The van der Waals surface area contributed by atoms with Gasteiger partial charge in [0.2, 0.25) is 5.78 Å². The first-order valence-electron chi connectivity index (χ1n) is 7.29. The van der Waals surface area contributed by atoms with Crippen LogP contribution in [-0.4, -0.2) is 15.6 Å². The summed E-state index contributed by atoms with van der Waals surface area (Å²) < 4.78 is 12.7. The molecule has 0 atom stereocenters. The van der Waals surface area contributed by atoms with Gasteiger partial charge in [-0.25, -0.2) is 0 Å². The molecule has 0 spiro atoms. The molecule has 2 heterocycles. The summed E-state index contributed by atoms with van der Waals surface area (Å²) in [5.74, 6) is 1.77. The topological polar surface area (TPSA) is 57.3 Å². The fourth-order valence-corrected chi connectivity index (χ4v) is 2.31. The number of nitrogens with zero attached hydrogens (tertiary/aromatic N) is 2. The number of hydrogen-bond donors (Lipinski definition) is 0. The molecule has 0 aliphatic carbocycles. The quantitative estimate of drug-likeness (QED) is 0.499. The number of halogens is 1. The summed E-state index contributed by atoms with van der Waals surface area (Å²) in [5, 5.41) is 4.58. The predicted molar refractivity (Wildman–Crippen MR) is 91.1 cm³/mol. The molecule has 3 rings (SSSR count). The minimum atomic E-state index is -0.136. The van der Waals surface area contributed by atoms with E-state index in [1.807, 2.05) is 12.1 Å². The van der Waals surface area contributed by atoms with E-state index >= 15 is 0 Å². The largest absolute Gasteiger partial charge is 0.486 e. The van der Waals surface area contributed by atoms with Crippen LogP contribution >= 0.6 is 11.6 Å². The van der Waals surface area contributed by atoms with Gasteiger partial charge < -0.3 is 9.15 Å². The molecule has 122 valence electrons. The second-order valence-corrected chi connectivity index (χ2v) is 5.52. The molecule has 0 bridgehead atoms. The molecular formula is C18H15ClN2O3. The molecule has 0 fully saturated rings. The number of benzene rings is 1. The second-order valence-electron chi connectivity index (χ2n) is 5.09. The summed E-state index contributed by atoms with van der Waals surface area (Å²) in [7, 11) is 1.72. The maximum Gasteiger partial charge on any atom is 0.203 e. The van der Waals surface area contributed by atoms with Crippen molar-refractivity contribution in [2.75, 3.05) is 0 Å². The van der Waals surface area contributed by atoms with E-state index in [0.29, 0.717) is 28.0 Å². The average molecular weight is 343 g/mol. The van der Waals surface area contributed by atoms with Crippen molar-refractivity contribution >= 4 is 23.5 Å². The fourth-order valence-electron chi connectivity index (χ4n) is 2.13. The van der Waals surface area contributed by atoms with Crippen molar-refractivity contribution in [3.63, 3.8) is 0 Å². The van der Waals surface area contributed by atoms with E-state index in [4.69, 9.17) is 20.8 Å². The number of carbonyl (C=O) groups is 1. The molecule has 24 heavy (non-hydrogen) atoms. The molecule has 0 N–H and O–H groups in total. The van der Waals surface area contributed by atoms with Crippen LogP contribution in [0.2, 0.25) is 5.02 Å². The Labute approximate surface area is 144 Å². The van der Waals surface area contributed by atoms with Crippen LogP contribution < -0.4 is 4.74 Å². The Kier molecular flexibility index (Phi) is 4.82. The van der Waals surface area contributed by atoms with Crippen LogP contribution in [-0.2, 0) is 13.7 Å². The Morgan fingerprint density at radius 2 is 2.21 bits per heavy atom. The highest BCUT2D eigenvalue weighted by molar-refractivity contribution is 6.30. The molecule has 0 aliphatic rings. The zero-order valence-corrected chi connectivity index (χ0v) is 13.7. The van der Waals surface area contributed by atoms with Crippen molar-refractivity contribution in [1.82, 2.24) is 9.78 Å². The van der Waals surface area contributed by atoms with Crippen molar-refractivity contribution in [1.29, 1.82) is 0 Å². The van der Waals surface area contributed by atoms with Crippen LogP contribution in [0, 0.1) is 0 Å². The molecule has 0 aliphatic heterocycles. The maximum atomic E-state index is 12.0. The predicted octanol–water partition coefficient (Wildman–Crippen LogP) is 4.14. The monoisotopic (exact) mass is 342 g/mol. The van der Waals surface area contributed by atoms with Gasteiger partial charge >= 0.3 is 0 Å². The van der Waals surface area contributed by atoms with Gasteiger partial charge in [-0.05, 0) is 48.6 Å². The smallest absolute Gasteiger partial charge is 0.203 e. The summed E-state index contributed by atoms with van der Waals surface area (Å²) >= 11 is 5.90. The molecule has 0 radical (unpaired) electrons. The summed E-state index contributed by atoms with van der Waals surface area (Å²) in [6, 6.07) is 12.4. The first-order chi connectivity index (χ1) is 11.6. The lowest BCUT2D eigenvalue weighted by Crippen LogP contribution is -2.03. The van der Waals surface area contributed by atoms with Crippen molar-refractivity contribution < 1.29 is 13.9 Å². The number of ketones is 1. The van der Waals surface area contributed by atoms with Gasteiger partial charge in [-0.15, -0.1) is 0 Å². The van der Waals surface area contributed by atoms with E-state index in [-0.39, 0.29) is 12.4 Å². The lowest BCUT2D eigenvalue weighted by Gasteiger charge is -2.03. The fraction of sp³-hybridized carbons (Fsp3) is 0.111. The first-order valence-corrected chi connectivity index (χ1v) is 7.67. The molecule has 0 saturated carbocycles. The highest BCUT2D eigenvalue weighted by Crippen LogP contribution is 2.19. The van der Waals surface area contributed by atoms with Crippen molar-refractivity contribution in [3.05, 3.63) is 77.0 Å². The molecule has 0 unspecified atom stereocenters. The first kappa shape index (κ1) is 16.1. The minimum absolute atomic E-state index is 0.136. The van der Waals surface area contributed by atoms with Gasteiger partial charge in [0.05, 0.1) is 0 Å². The third-order valence-electron chi connectivity index (χ3n) is 3.33. The number of allylic oxidation sites excluding steroid dienone is 1. The number of rotatable bonds is 6. The van der Waals surface area contributed by atoms with Gasteiger partial charge in [-0.1, -0.05) is 17.7 Å². The van der Waals surface area contributed by atoms with E-state index < -0.39 is 0 Å². The third-order valence-corrected chi connectivity index (χ3v) is 3.57. The number of furan rings is 1. The lowest BCUT2D eigenvalue weighted by atomic mass is 10.2. The lowest BCUT2D eigenvalue weighted by molar-refractivity contribution is 0.103. The summed E-state index contributed by atoms with van der Waals surface area (Å²) in [4.78, 5) is 12.0. The molecular weight excluding hydrogens is 328 g/mol. The SMILES string of the molecule is Cn1nccc1C(=O)/C=C\c1ccc(COc2cccc(Cl)c2)o1. The van der Waals surface area contributed by atoms with E-state index in [1.165, 1.54) is 10.8 Å². The van der Waals surface area contributed by atoms with Crippen molar-refractivity contribution in [2.45, 2.75) is 6.61 Å². The van der Waals surface area contributed by atoms with Gasteiger partial charge in [0.25, 0.3) is 0 Å². The number of aromatic nitrogens is 2. The molecule has 2 aromatic heterocycles. The molecule has 5 nitrogen and oxygen atoms in total. The van der Waals surface area contributed by atoms with Gasteiger partial charge in [0.1, 0.15) is 29.6 Å². The zero-order chi connectivity index (χ0) is 16.9. The van der Waals surface area contributed by atoms with Crippen LogP contribution in [0.15, 0.2) is 59.2 Å². The molecule has 1 aromatic carbocycles. The maximum absolute atomic E-state index is 12.0. The Hall–Kier alpha value is -2.79. The van der Waals surface area contributed by atoms with Crippen LogP contribution in [0.5, 0.6) is 5.75 Å². The second kappa shape index (κ2) is 7.19. The summed E-state index contributed by atoms with van der Waals surface area (Å²) in [5.41, 5.74) is 0.516. The average Bonchev–Trinajstić information content (AvgIpc) is 3.19. The Morgan fingerprint density at radius 1 is 1.33 bits per heavy atom. The van der Waals surface area contributed by atoms with Gasteiger partial charge in [0.15, 0.2) is 0 Å². The Morgan fingerprint density at radius 3 is 2.96 bits per heavy atom. The van der Waals surface area contributed by atoms with Gasteiger partial charge in [0, 0.05) is 18.3 Å². The van der Waals surface area contributed by atoms with E-state index in [0.717, 1.165) is 0 Å². The van der Waals surface area contributed by atoms with Crippen LogP contribution in [0.3, 0.4) is 0 Å². The summed E-state index contributed by atoms with van der Waals surface area (Å²) in [6.07, 6.45) is 4.66. The van der Waals surface area contributed by atoms with E-state index in [2.05, 4.69) is 5.10 Å². The molecule has 0 amide bonds. The molecule has 3 aromatic rings. The normalized spacial score (nSPS) is 11.1. The Balaban J connectivity index is 1.60. The number of ether oxygens (including phenoxy) is 1. The van der Waals surface area contributed by atoms with Gasteiger partial charge in [-0.2, -0.15) is 5.10 Å². The number of hydrogen-bond acceptors (Lipinski definition) is 4. The minimum Gasteiger partial charge on any atom is -0.486 e. The molecule has 6 heteroatoms. The molecule has 0 saturated heterocycles. The zero-order valence-electron chi connectivity index (χ0n) is 13.0. The summed E-state index contributed by atoms with van der Waals surface area (Å²) in [6.45, 7) is 0.282. The Bertz CT molecular complexity index is 880. The van der Waals surface area contributed by atoms with Crippen LogP contribution in [0.1, 0.15) is 22.0 Å². The highest BCUT2D eigenvalue weighted by atomic mass is 35.5. The van der Waals surface area contributed by atoms with Crippen LogP contribution in [0.25, 0.3) is 6.08 Å². The van der Waals surface area contributed by atoms with Crippen molar-refractivity contribution in [3.8, 4) is 5.75 Å².